The van der Waals surface area contributed by atoms with Crippen LogP contribution in [0.4, 0.5) is 5.95 Å². The van der Waals surface area contributed by atoms with Gasteiger partial charge in [0.2, 0.25) is 5.95 Å². The molecule has 0 aliphatic heterocycles. The fraction of sp³-hybridized carbons (Fsp3) is 0.818. The van der Waals surface area contributed by atoms with Crippen molar-refractivity contribution in [1.82, 2.24) is 14.8 Å². The molecule has 0 aromatic carbocycles. The highest BCUT2D eigenvalue weighted by Gasteiger charge is 2.17. The van der Waals surface area contributed by atoms with Gasteiger partial charge in [0.15, 0.2) is 4.77 Å². The van der Waals surface area contributed by atoms with Gasteiger partial charge in [-0.3, -0.25) is 4.57 Å². The highest BCUT2D eigenvalue weighted by atomic mass is 32.1. The summed E-state index contributed by atoms with van der Waals surface area (Å²) in [5.41, 5.74) is 0.249. The second kappa shape index (κ2) is 4.99. The van der Waals surface area contributed by atoms with Gasteiger partial charge in [-0.2, -0.15) is 0 Å². The molecule has 0 saturated carbocycles. The Kier molecular flexibility index (Phi) is 4.13. The molecule has 0 radical (unpaired) electrons. The lowest BCUT2D eigenvalue weighted by Gasteiger charge is -2.27. The fourth-order valence-electron chi connectivity index (χ4n) is 1.81. The summed E-state index contributed by atoms with van der Waals surface area (Å²) in [5, 5.41) is 7.15. The van der Waals surface area contributed by atoms with Gasteiger partial charge in [0.1, 0.15) is 0 Å². The van der Waals surface area contributed by atoms with Crippen LogP contribution < -0.4 is 4.90 Å². The summed E-state index contributed by atoms with van der Waals surface area (Å²) in [6.45, 7) is 10.7. The van der Waals surface area contributed by atoms with Crippen molar-refractivity contribution in [2.75, 3.05) is 18.5 Å². The predicted octanol–water partition coefficient (Wildman–Crippen LogP) is 2.83. The van der Waals surface area contributed by atoms with Gasteiger partial charge in [-0.1, -0.05) is 27.7 Å². The van der Waals surface area contributed by atoms with Crippen LogP contribution >= 0.6 is 12.2 Å². The topological polar surface area (TPSA) is 36.9 Å². The van der Waals surface area contributed by atoms with Crippen molar-refractivity contribution in [3.63, 3.8) is 0 Å². The Bertz CT molecular complexity index is 385. The molecular formula is C11H22N4S. The lowest BCUT2D eigenvalue weighted by Crippen LogP contribution is -2.31. The van der Waals surface area contributed by atoms with Crippen LogP contribution in [0.25, 0.3) is 0 Å². The van der Waals surface area contributed by atoms with E-state index >= 15 is 0 Å². The van der Waals surface area contributed by atoms with Gasteiger partial charge in [0.05, 0.1) is 0 Å². The van der Waals surface area contributed by atoms with Crippen molar-refractivity contribution in [1.29, 1.82) is 0 Å². The van der Waals surface area contributed by atoms with Crippen LogP contribution in [-0.2, 0) is 6.54 Å². The number of nitrogens with one attached hydrogen (secondary N) is 1. The Labute approximate surface area is 103 Å². The van der Waals surface area contributed by atoms with Gasteiger partial charge in [0.25, 0.3) is 0 Å². The Morgan fingerprint density at radius 2 is 2.06 bits per heavy atom. The third-order valence-corrected chi connectivity index (χ3v) is 2.55. The number of anilines is 1. The van der Waals surface area contributed by atoms with E-state index in [9.17, 15) is 0 Å². The molecule has 0 spiro atoms. The predicted molar refractivity (Wildman–Crippen MR) is 70.4 cm³/mol. The van der Waals surface area contributed by atoms with Crippen LogP contribution in [0.3, 0.4) is 0 Å². The highest BCUT2D eigenvalue weighted by molar-refractivity contribution is 7.71. The van der Waals surface area contributed by atoms with Crippen LogP contribution in [0.2, 0.25) is 0 Å². The monoisotopic (exact) mass is 242 g/mol. The van der Waals surface area contributed by atoms with Gasteiger partial charge in [-0.25, -0.2) is 5.10 Å². The number of rotatable bonds is 4. The Morgan fingerprint density at radius 3 is 2.56 bits per heavy atom. The van der Waals surface area contributed by atoms with E-state index in [1.54, 1.807) is 0 Å². The van der Waals surface area contributed by atoms with Gasteiger partial charge < -0.3 is 4.90 Å². The molecule has 0 aliphatic carbocycles. The number of hydrogen-bond donors (Lipinski definition) is 1. The molecular weight excluding hydrogens is 220 g/mol. The van der Waals surface area contributed by atoms with E-state index in [2.05, 4.69) is 54.4 Å². The molecule has 5 heteroatoms. The number of hydrogen-bond acceptors (Lipinski definition) is 3. The van der Waals surface area contributed by atoms with Gasteiger partial charge in [-0.15, -0.1) is 5.10 Å². The molecule has 0 atom stereocenters. The summed E-state index contributed by atoms with van der Waals surface area (Å²) in [4.78, 5) is 2.15. The molecule has 1 aromatic heterocycles. The Morgan fingerprint density at radius 1 is 1.44 bits per heavy atom. The minimum atomic E-state index is 0.249. The second-order valence-corrected chi connectivity index (χ2v) is 5.78. The minimum absolute atomic E-state index is 0.249. The average Bonchev–Trinajstić information content (AvgIpc) is 2.46. The summed E-state index contributed by atoms with van der Waals surface area (Å²) >= 11 is 5.22. The first kappa shape index (κ1) is 13.2. The van der Waals surface area contributed by atoms with Gasteiger partial charge in [-0.05, 0) is 24.1 Å². The highest BCUT2D eigenvalue weighted by Crippen LogP contribution is 2.18. The van der Waals surface area contributed by atoms with Gasteiger partial charge >= 0.3 is 0 Å². The van der Waals surface area contributed by atoms with E-state index in [1.165, 1.54) is 0 Å². The minimum Gasteiger partial charge on any atom is -0.343 e. The first-order chi connectivity index (χ1) is 7.35. The summed E-state index contributed by atoms with van der Waals surface area (Å²) in [6, 6.07) is 0. The van der Waals surface area contributed by atoms with Crippen molar-refractivity contribution < 1.29 is 0 Å². The number of aromatic amines is 1. The van der Waals surface area contributed by atoms with E-state index in [-0.39, 0.29) is 5.41 Å². The smallest absolute Gasteiger partial charge is 0.225 e. The first-order valence-corrected chi connectivity index (χ1v) is 6.12. The van der Waals surface area contributed by atoms with Gasteiger partial charge in [0, 0.05) is 20.1 Å². The molecule has 4 nitrogen and oxygen atoms in total. The van der Waals surface area contributed by atoms with Crippen LogP contribution in [-0.4, -0.2) is 28.4 Å². The molecule has 1 N–H and O–H groups in total. The Hall–Kier alpha value is -0.840. The maximum atomic E-state index is 5.22. The van der Waals surface area contributed by atoms with Crippen molar-refractivity contribution in [2.24, 2.45) is 5.41 Å². The zero-order valence-electron chi connectivity index (χ0n) is 10.9. The van der Waals surface area contributed by atoms with Crippen molar-refractivity contribution in [3.8, 4) is 0 Å². The standard InChI is InChI=1S/C11H22N4S/c1-6-7-15-9(12-13-10(15)16)14(5)8-11(2,3)4/h6-8H2,1-5H3,(H,13,16). The lowest BCUT2D eigenvalue weighted by atomic mass is 9.96. The molecule has 92 valence electrons. The maximum Gasteiger partial charge on any atom is 0.225 e. The normalized spacial score (nSPS) is 11.8. The molecule has 0 saturated heterocycles. The molecule has 0 bridgehead atoms. The molecule has 1 heterocycles. The zero-order chi connectivity index (χ0) is 12.3. The van der Waals surface area contributed by atoms with Crippen LogP contribution in [0.1, 0.15) is 34.1 Å². The molecule has 0 fully saturated rings. The largest absolute Gasteiger partial charge is 0.343 e. The van der Waals surface area contributed by atoms with Crippen molar-refractivity contribution in [3.05, 3.63) is 4.77 Å². The number of H-pyrrole nitrogens is 1. The third kappa shape index (κ3) is 3.33. The van der Waals surface area contributed by atoms with E-state index in [1.807, 2.05) is 0 Å². The van der Waals surface area contributed by atoms with E-state index in [4.69, 9.17) is 12.2 Å². The molecule has 1 aromatic rings. The fourth-order valence-corrected chi connectivity index (χ4v) is 2.03. The SMILES string of the molecule is CCCn1c(N(C)CC(C)(C)C)n[nH]c1=S. The summed E-state index contributed by atoms with van der Waals surface area (Å²) in [7, 11) is 2.06. The maximum absolute atomic E-state index is 5.22. The van der Waals surface area contributed by atoms with E-state index in [0.29, 0.717) is 4.77 Å². The van der Waals surface area contributed by atoms with Crippen LogP contribution in [0, 0.1) is 10.2 Å². The quantitative estimate of drug-likeness (QED) is 0.825. The van der Waals surface area contributed by atoms with Crippen LogP contribution in [0.15, 0.2) is 0 Å². The summed E-state index contributed by atoms with van der Waals surface area (Å²) < 4.78 is 2.76. The summed E-state index contributed by atoms with van der Waals surface area (Å²) in [5.74, 6) is 0.932. The zero-order valence-corrected chi connectivity index (χ0v) is 11.7. The molecule has 16 heavy (non-hydrogen) atoms. The van der Waals surface area contributed by atoms with E-state index in [0.717, 1.165) is 25.5 Å². The van der Waals surface area contributed by atoms with Crippen molar-refractivity contribution in [2.45, 2.75) is 40.7 Å². The second-order valence-electron chi connectivity index (χ2n) is 5.40. The Balaban J connectivity index is 2.91. The first-order valence-electron chi connectivity index (χ1n) is 5.71. The third-order valence-electron chi connectivity index (χ3n) is 2.24. The molecule has 0 aliphatic rings. The molecule has 0 amide bonds. The number of nitrogens with zero attached hydrogens (tertiary/aromatic N) is 3. The summed E-state index contributed by atoms with van der Waals surface area (Å²) in [6.07, 6.45) is 1.06. The molecule has 1 rings (SSSR count). The van der Waals surface area contributed by atoms with Crippen LogP contribution in [0.5, 0.6) is 0 Å². The van der Waals surface area contributed by atoms with E-state index < -0.39 is 0 Å². The van der Waals surface area contributed by atoms with Crippen molar-refractivity contribution >= 4 is 18.2 Å². The number of aromatic nitrogens is 3. The molecule has 0 unspecified atom stereocenters. The average molecular weight is 242 g/mol. The lowest BCUT2D eigenvalue weighted by molar-refractivity contribution is 0.414.